The third kappa shape index (κ3) is 3.67. The summed E-state index contributed by atoms with van der Waals surface area (Å²) in [5.41, 5.74) is 3.48. The quantitative estimate of drug-likeness (QED) is 0.828. The predicted molar refractivity (Wildman–Crippen MR) is 95.8 cm³/mol. The Morgan fingerprint density at radius 1 is 1.17 bits per heavy atom. The van der Waals surface area contributed by atoms with Crippen molar-refractivity contribution in [2.45, 2.75) is 20.3 Å². The SMILES string of the molecule is CCc1cccc(C)c1NC(=O)c1cc(OC)c(Br)c(OC)c1. The summed E-state index contributed by atoms with van der Waals surface area (Å²) < 4.78 is 11.3. The van der Waals surface area contributed by atoms with E-state index in [1.807, 2.05) is 25.1 Å². The fraction of sp³-hybridized carbons (Fsp3) is 0.278. The molecule has 0 aliphatic carbocycles. The Hall–Kier alpha value is -2.01. The zero-order chi connectivity index (χ0) is 17.0. The van der Waals surface area contributed by atoms with Crippen LogP contribution in [0.2, 0.25) is 0 Å². The van der Waals surface area contributed by atoms with Gasteiger partial charge in [-0.05, 0) is 52.5 Å². The maximum atomic E-state index is 12.6. The van der Waals surface area contributed by atoms with Crippen molar-refractivity contribution in [3.63, 3.8) is 0 Å². The first kappa shape index (κ1) is 17.3. The van der Waals surface area contributed by atoms with Crippen LogP contribution >= 0.6 is 15.9 Å². The zero-order valence-corrected chi connectivity index (χ0v) is 15.3. The number of anilines is 1. The van der Waals surface area contributed by atoms with Crippen molar-refractivity contribution in [2.75, 3.05) is 19.5 Å². The molecule has 0 heterocycles. The number of hydrogen-bond acceptors (Lipinski definition) is 3. The molecule has 0 bridgehead atoms. The number of nitrogens with one attached hydrogen (secondary N) is 1. The number of methoxy groups -OCH3 is 2. The van der Waals surface area contributed by atoms with Crippen LogP contribution in [0.15, 0.2) is 34.8 Å². The molecule has 5 heteroatoms. The van der Waals surface area contributed by atoms with Gasteiger partial charge in [-0.15, -0.1) is 0 Å². The van der Waals surface area contributed by atoms with E-state index >= 15 is 0 Å². The van der Waals surface area contributed by atoms with E-state index in [-0.39, 0.29) is 5.91 Å². The molecule has 1 amide bonds. The van der Waals surface area contributed by atoms with Crippen LogP contribution in [0, 0.1) is 6.92 Å². The van der Waals surface area contributed by atoms with Crippen LogP contribution in [0.1, 0.15) is 28.4 Å². The van der Waals surface area contributed by atoms with Gasteiger partial charge in [-0.2, -0.15) is 0 Å². The number of hydrogen-bond donors (Lipinski definition) is 1. The molecule has 2 rings (SSSR count). The van der Waals surface area contributed by atoms with E-state index in [0.717, 1.165) is 23.2 Å². The van der Waals surface area contributed by atoms with E-state index in [9.17, 15) is 4.79 Å². The summed E-state index contributed by atoms with van der Waals surface area (Å²) in [6.07, 6.45) is 0.851. The van der Waals surface area contributed by atoms with Gasteiger partial charge in [0, 0.05) is 11.3 Å². The minimum Gasteiger partial charge on any atom is -0.495 e. The summed E-state index contributed by atoms with van der Waals surface area (Å²) in [5.74, 6) is 0.906. The normalized spacial score (nSPS) is 10.3. The molecule has 0 fully saturated rings. The number of carbonyl (C=O) groups is 1. The highest BCUT2D eigenvalue weighted by molar-refractivity contribution is 9.10. The largest absolute Gasteiger partial charge is 0.495 e. The second-order valence-corrected chi connectivity index (χ2v) is 5.90. The maximum absolute atomic E-state index is 12.6. The third-order valence-corrected chi connectivity index (χ3v) is 4.47. The van der Waals surface area contributed by atoms with Crippen molar-refractivity contribution in [1.29, 1.82) is 0 Å². The molecule has 23 heavy (non-hydrogen) atoms. The molecular weight excluding hydrogens is 358 g/mol. The molecule has 0 radical (unpaired) electrons. The summed E-state index contributed by atoms with van der Waals surface area (Å²) in [4.78, 5) is 12.6. The van der Waals surface area contributed by atoms with E-state index < -0.39 is 0 Å². The monoisotopic (exact) mass is 377 g/mol. The highest BCUT2D eigenvalue weighted by Gasteiger charge is 2.16. The van der Waals surface area contributed by atoms with Crippen molar-refractivity contribution < 1.29 is 14.3 Å². The number of rotatable bonds is 5. The van der Waals surface area contributed by atoms with Crippen LogP contribution in [0.4, 0.5) is 5.69 Å². The van der Waals surface area contributed by atoms with Crippen LogP contribution in [0.3, 0.4) is 0 Å². The minimum atomic E-state index is -0.196. The highest BCUT2D eigenvalue weighted by Crippen LogP contribution is 2.36. The van der Waals surface area contributed by atoms with E-state index in [1.165, 1.54) is 0 Å². The predicted octanol–water partition coefficient (Wildman–Crippen LogP) is 4.59. The van der Waals surface area contributed by atoms with E-state index in [2.05, 4.69) is 28.2 Å². The lowest BCUT2D eigenvalue weighted by atomic mass is 10.1. The second kappa shape index (κ2) is 7.51. The summed E-state index contributed by atoms with van der Waals surface area (Å²) in [5, 5.41) is 3.00. The Morgan fingerprint density at radius 3 is 2.30 bits per heavy atom. The molecule has 1 N–H and O–H groups in total. The van der Waals surface area contributed by atoms with E-state index in [0.29, 0.717) is 21.5 Å². The Balaban J connectivity index is 2.39. The van der Waals surface area contributed by atoms with Crippen LogP contribution in [0.25, 0.3) is 0 Å². The number of halogens is 1. The Bertz CT molecular complexity index is 703. The van der Waals surface area contributed by atoms with Crippen molar-refractivity contribution in [2.24, 2.45) is 0 Å². The van der Waals surface area contributed by atoms with Crippen LogP contribution in [-0.4, -0.2) is 20.1 Å². The van der Waals surface area contributed by atoms with Crippen LogP contribution < -0.4 is 14.8 Å². The summed E-state index contributed by atoms with van der Waals surface area (Å²) in [7, 11) is 3.11. The molecule has 0 aliphatic rings. The van der Waals surface area contributed by atoms with Gasteiger partial charge in [0.1, 0.15) is 16.0 Å². The lowest BCUT2D eigenvalue weighted by Gasteiger charge is -2.15. The zero-order valence-electron chi connectivity index (χ0n) is 13.7. The van der Waals surface area contributed by atoms with Crippen molar-refractivity contribution in [1.82, 2.24) is 0 Å². The van der Waals surface area contributed by atoms with Crippen molar-refractivity contribution in [3.8, 4) is 11.5 Å². The first-order valence-corrected chi connectivity index (χ1v) is 8.12. The first-order valence-electron chi connectivity index (χ1n) is 7.33. The first-order chi connectivity index (χ1) is 11.0. The van der Waals surface area contributed by atoms with Gasteiger partial charge < -0.3 is 14.8 Å². The van der Waals surface area contributed by atoms with Gasteiger partial charge >= 0.3 is 0 Å². The van der Waals surface area contributed by atoms with Crippen LogP contribution in [0.5, 0.6) is 11.5 Å². The molecular formula is C18H20BrNO3. The van der Waals surface area contributed by atoms with Crippen molar-refractivity contribution >= 4 is 27.5 Å². The molecule has 2 aromatic rings. The Labute approximate surface area is 144 Å². The minimum absolute atomic E-state index is 0.196. The van der Waals surface area contributed by atoms with Gasteiger partial charge in [0.05, 0.1) is 14.2 Å². The van der Waals surface area contributed by atoms with E-state index in [1.54, 1.807) is 26.4 Å². The average Bonchev–Trinajstić information content (AvgIpc) is 2.56. The molecule has 0 saturated heterocycles. The second-order valence-electron chi connectivity index (χ2n) is 5.11. The fourth-order valence-corrected chi connectivity index (χ4v) is 2.94. The number of aryl methyl sites for hydroxylation is 2. The average molecular weight is 378 g/mol. The van der Waals surface area contributed by atoms with Gasteiger partial charge in [-0.25, -0.2) is 0 Å². The molecule has 0 unspecified atom stereocenters. The lowest BCUT2D eigenvalue weighted by Crippen LogP contribution is -2.14. The molecule has 0 saturated carbocycles. The van der Waals surface area contributed by atoms with Gasteiger partial charge in [0.15, 0.2) is 0 Å². The molecule has 0 spiro atoms. The smallest absolute Gasteiger partial charge is 0.255 e. The molecule has 0 aliphatic heterocycles. The standard InChI is InChI=1S/C18H20BrNO3/c1-5-12-8-6-7-11(2)17(12)20-18(21)13-9-14(22-3)16(19)15(10-13)23-4/h6-10H,5H2,1-4H3,(H,20,21). The van der Waals surface area contributed by atoms with Gasteiger partial charge in [-0.1, -0.05) is 25.1 Å². The molecule has 4 nitrogen and oxygen atoms in total. The summed E-state index contributed by atoms with van der Waals surface area (Å²) in [6.45, 7) is 4.05. The lowest BCUT2D eigenvalue weighted by molar-refractivity contribution is 0.102. The van der Waals surface area contributed by atoms with Gasteiger partial charge in [0.25, 0.3) is 5.91 Å². The third-order valence-electron chi connectivity index (χ3n) is 3.69. The topological polar surface area (TPSA) is 47.6 Å². The number of para-hydroxylation sites is 1. The van der Waals surface area contributed by atoms with Gasteiger partial charge in [-0.3, -0.25) is 4.79 Å². The number of carbonyl (C=O) groups excluding carboxylic acids is 1. The maximum Gasteiger partial charge on any atom is 0.255 e. The number of benzene rings is 2. The summed E-state index contributed by atoms with van der Waals surface area (Å²) in [6, 6.07) is 9.37. The number of ether oxygens (including phenoxy) is 2. The van der Waals surface area contributed by atoms with Gasteiger partial charge in [0.2, 0.25) is 0 Å². The summed E-state index contributed by atoms with van der Waals surface area (Å²) >= 11 is 3.40. The van der Waals surface area contributed by atoms with Crippen molar-refractivity contribution in [3.05, 3.63) is 51.5 Å². The Kier molecular flexibility index (Phi) is 5.66. The fourth-order valence-electron chi connectivity index (χ4n) is 2.39. The highest BCUT2D eigenvalue weighted by atomic mass is 79.9. The number of amides is 1. The molecule has 2 aromatic carbocycles. The van der Waals surface area contributed by atoms with E-state index in [4.69, 9.17) is 9.47 Å². The molecule has 0 aromatic heterocycles. The van der Waals surface area contributed by atoms with Crippen LogP contribution in [-0.2, 0) is 6.42 Å². The molecule has 0 atom stereocenters. The Morgan fingerprint density at radius 2 is 1.78 bits per heavy atom. The molecule has 122 valence electrons.